The predicted molar refractivity (Wildman–Crippen MR) is 302 cm³/mol. The van der Waals surface area contributed by atoms with Crippen molar-refractivity contribution in [3.63, 3.8) is 0 Å². The highest BCUT2D eigenvalue weighted by molar-refractivity contribution is 7.23. The molecule has 0 bridgehead atoms. The molecule has 0 amide bonds. The molecule has 0 saturated carbocycles. The van der Waals surface area contributed by atoms with E-state index in [2.05, 4.69) is 209 Å². The second-order valence-electron chi connectivity index (χ2n) is 18.4. The molecule has 0 radical (unpaired) electrons. The van der Waals surface area contributed by atoms with Crippen LogP contribution in [0, 0.1) is 0 Å². The first-order chi connectivity index (χ1) is 36.2. The van der Waals surface area contributed by atoms with Gasteiger partial charge in [0.1, 0.15) is 0 Å². The molecule has 0 saturated heterocycles. The van der Waals surface area contributed by atoms with Crippen LogP contribution in [0.4, 0.5) is 0 Å². The van der Waals surface area contributed by atoms with Crippen molar-refractivity contribution in [3.05, 3.63) is 237 Å². The van der Waals surface area contributed by atoms with Crippen LogP contribution in [0.25, 0.3) is 143 Å². The van der Waals surface area contributed by atoms with E-state index in [-0.39, 0.29) is 0 Å². The highest BCUT2D eigenvalue weighted by atomic mass is 32.1. The van der Waals surface area contributed by atoms with Gasteiger partial charge < -0.3 is 0 Å². The lowest BCUT2D eigenvalue weighted by Gasteiger charge is -2.13. The van der Waals surface area contributed by atoms with Gasteiger partial charge in [0, 0.05) is 53.2 Å². The zero-order chi connectivity index (χ0) is 48.0. The van der Waals surface area contributed by atoms with Gasteiger partial charge >= 0.3 is 0 Å². The standard InChI is InChI=1S/C65H39N7S/c1-5-18-40(19-6-1)57-39-47-32-34-52-59(61(47)73-57)60(41-20-7-2-8-21-41)67-64(66-52)71-53-30-16-15-28-49(53)58-48(29-17-31-55(58)71)46-33-35-54-50(37-46)51-36-44-26-13-14-27-45(44)38-56(51)72(54)65-69-62(42-22-9-3-10-23-42)68-63(70-65)43-24-11-4-12-25-43/h1-39H. The van der Waals surface area contributed by atoms with Crippen molar-refractivity contribution < 1.29 is 0 Å². The molecule has 0 aliphatic carbocycles. The molecule has 15 rings (SSSR count). The van der Waals surface area contributed by atoms with Crippen molar-refractivity contribution in [2.24, 2.45) is 0 Å². The predicted octanol–water partition coefficient (Wildman–Crippen LogP) is 16.7. The van der Waals surface area contributed by atoms with Gasteiger partial charge in [-0.25, -0.2) is 15.0 Å². The van der Waals surface area contributed by atoms with Gasteiger partial charge in [-0.15, -0.1) is 11.3 Å². The Kier molecular flexibility index (Phi) is 9.30. The number of benzene rings is 10. The fourth-order valence-corrected chi connectivity index (χ4v) is 12.0. The number of aromatic nitrogens is 7. The second kappa shape index (κ2) is 16.5. The maximum Gasteiger partial charge on any atom is 0.238 e. The van der Waals surface area contributed by atoms with Gasteiger partial charge in [-0.1, -0.05) is 188 Å². The fraction of sp³-hybridized carbons (Fsp3) is 0. The summed E-state index contributed by atoms with van der Waals surface area (Å²) in [5.41, 5.74) is 12.2. The van der Waals surface area contributed by atoms with Crippen LogP contribution in [0.5, 0.6) is 0 Å². The van der Waals surface area contributed by atoms with E-state index in [0.717, 1.165) is 98.8 Å². The minimum absolute atomic E-state index is 0.558. The molecule has 7 nitrogen and oxygen atoms in total. The molecule has 340 valence electrons. The van der Waals surface area contributed by atoms with Crippen molar-refractivity contribution in [2.45, 2.75) is 0 Å². The summed E-state index contributed by atoms with van der Waals surface area (Å²) in [6, 6.07) is 83.3. The molecule has 0 unspecified atom stereocenters. The Labute approximate surface area is 422 Å². The molecule has 0 fully saturated rings. The molecule has 0 aliphatic rings. The summed E-state index contributed by atoms with van der Waals surface area (Å²) in [6.45, 7) is 0. The third kappa shape index (κ3) is 6.69. The molecule has 0 N–H and O–H groups in total. The number of nitrogens with zero attached hydrogens (tertiary/aromatic N) is 7. The van der Waals surface area contributed by atoms with Crippen LogP contribution < -0.4 is 0 Å². The normalized spacial score (nSPS) is 11.8. The van der Waals surface area contributed by atoms with Crippen molar-refractivity contribution in [2.75, 3.05) is 0 Å². The number of hydrogen-bond donors (Lipinski definition) is 0. The van der Waals surface area contributed by atoms with Crippen molar-refractivity contribution in [3.8, 4) is 67.5 Å². The molecule has 5 heterocycles. The molecule has 8 heteroatoms. The monoisotopic (exact) mass is 949 g/mol. The molecular weight excluding hydrogens is 911 g/mol. The lowest BCUT2D eigenvalue weighted by Crippen LogP contribution is -2.06. The Hall–Kier alpha value is -9.63. The highest BCUT2D eigenvalue weighted by Gasteiger charge is 2.24. The Morgan fingerprint density at radius 2 is 0.890 bits per heavy atom. The molecule has 5 aromatic heterocycles. The number of fused-ring (bicyclic) bond motifs is 10. The fourth-order valence-electron chi connectivity index (χ4n) is 10.8. The van der Waals surface area contributed by atoms with Crippen LogP contribution in [0.15, 0.2) is 237 Å². The van der Waals surface area contributed by atoms with Gasteiger partial charge in [0.2, 0.25) is 11.9 Å². The maximum atomic E-state index is 5.57. The largest absolute Gasteiger partial charge is 0.278 e. The first kappa shape index (κ1) is 41.2. The van der Waals surface area contributed by atoms with E-state index >= 15 is 0 Å². The van der Waals surface area contributed by atoms with Crippen LogP contribution in [-0.4, -0.2) is 34.1 Å². The topological polar surface area (TPSA) is 74.3 Å². The molecule has 0 aliphatic heterocycles. The van der Waals surface area contributed by atoms with E-state index in [0.29, 0.717) is 23.5 Å². The zero-order valence-corrected chi connectivity index (χ0v) is 39.9. The van der Waals surface area contributed by atoms with Crippen LogP contribution in [-0.2, 0) is 0 Å². The van der Waals surface area contributed by atoms with Gasteiger partial charge in [0.25, 0.3) is 0 Å². The summed E-state index contributed by atoms with van der Waals surface area (Å²) in [6.07, 6.45) is 0. The first-order valence-electron chi connectivity index (χ1n) is 24.4. The highest BCUT2D eigenvalue weighted by Crippen LogP contribution is 2.44. The molecular formula is C65H39N7S. The Morgan fingerprint density at radius 1 is 0.315 bits per heavy atom. The van der Waals surface area contributed by atoms with Gasteiger partial charge in [-0.2, -0.15) is 9.97 Å². The van der Waals surface area contributed by atoms with Crippen LogP contribution >= 0.6 is 11.3 Å². The quantitative estimate of drug-likeness (QED) is 0.159. The zero-order valence-electron chi connectivity index (χ0n) is 39.1. The van der Waals surface area contributed by atoms with Crippen molar-refractivity contribution >= 4 is 86.7 Å². The van der Waals surface area contributed by atoms with E-state index in [1.807, 2.05) is 36.4 Å². The number of thiophene rings is 1. The van der Waals surface area contributed by atoms with Crippen LogP contribution in [0.3, 0.4) is 0 Å². The molecule has 0 atom stereocenters. The number of hydrogen-bond acceptors (Lipinski definition) is 6. The first-order valence-corrected chi connectivity index (χ1v) is 25.2. The van der Waals surface area contributed by atoms with Crippen molar-refractivity contribution in [1.29, 1.82) is 0 Å². The summed E-state index contributed by atoms with van der Waals surface area (Å²) in [7, 11) is 0. The summed E-state index contributed by atoms with van der Waals surface area (Å²) in [5.74, 6) is 2.41. The molecule has 73 heavy (non-hydrogen) atoms. The number of rotatable bonds is 7. The molecule has 15 aromatic rings. The molecule has 10 aromatic carbocycles. The van der Waals surface area contributed by atoms with E-state index < -0.39 is 0 Å². The van der Waals surface area contributed by atoms with Gasteiger partial charge in [0.05, 0.1) is 33.3 Å². The van der Waals surface area contributed by atoms with Gasteiger partial charge in [-0.05, 0) is 81.4 Å². The lowest BCUT2D eigenvalue weighted by atomic mass is 9.97. The van der Waals surface area contributed by atoms with Crippen LogP contribution in [0.1, 0.15) is 0 Å². The Bertz CT molecular complexity index is 4600. The average molecular weight is 950 g/mol. The van der Waals surface area contributed by atoms with Crippen LogP contribution in [0.2, 0.25) is 0 Å². The summed E-state index contributed by atoms with van der Waals surface area (Å²) in [4.78, 5) is 27.8. The third-order valence-electron chi connectivity index (χ3n) is 14.2. The van der Waals surface area contributed by atoms with E-state index in [1.165, 1.54) is 20.5 Å². The second-order valence-corrected chi connectivity index (χ2v) is 19.5. The Balaban J connectivity index is 0.953. The van der Waals surface area contributed by atoms with E-state index in [4.69, 9.17) is 24.9 Å². The molecule has 0 spiro atoms. The van der Waals surface area contributed by atoms with Gasteiger partial charge in [0.15, 0.2) is 11.6 Å². The Morgan fingerprint density at radius 3 is 1.62 bits per heavy atom. The van der Waals surface area contributed by atoms with E-state index in [1.54, 1.807) is 11.3 Å². The lowest BCUT2D eigenvalue weighted by molar-refractivity contribution is 0.954. The maximum absolute atomic E-state index is 5.57. The summed E-state index contributed by atoms with van der Waals surface area (Å²) in [5, 5.41) is 9.02. The van der Waals surface area contributed by atoms with Gasteiger partial charge in [-0.3, -0.25) is 9.13 Å². The SMILES string of the molecule is c1ccc(-c2nc(-c3ccccc3)nc(-n3c4ccc(-c5cccc6c5c5ccccc5n6-c5nc(-c6ccccc6)c6c(ccc7cc(-c8ccccc8)sc76)n5)cc4c4cc5ccccc5cc43)n2)cc1. The number of para-hydroxylation sites is 1. The third-order valence-corrected chi connectivity index (χ3v) is 15.4. The minimum Gasteiger partial charge on any atom is -0.278 e. The average Bonchev–Trinajstić information content (AvgIpc) is 4.15. The summed E-state index contributed by atoms with van der Waals surface area (Å²) < 4.78 is 5.64. The smallest absolute Gasteiger partial charge is 0.238 e. The minimum atomic E-state index is 0.558. The summed E-state index contributed by atoms with van der Waals surface area (Å²) >= 11 is 1.80. The van der Waals surface area contributed by atoms with E-state index in [9.17, 15) is 0 Å². The van der Waals surface area contributed by atoms with Crippen molar-refractivity contribution in [1.82, 2.24) is 34.1 Å².